The summed E-state index contributed by atoms with van der Waals surface area (Å²) in [6.07, 6.45) is 6.30. The van der Waals surface area contributed by atoms with Gasteiger partial charge in [-0.15, -0.1) is 0 Å². The summed E-state index contributed by atoms with van der Waals surface area (Å²) in [5, 5.41) is 0. The lowest BCUT2D eigenvalue weighted by Gasteiger charge is -2.14. The Morgan fingerprint density at radius 2 is 2.00 bits per heavy atom. The first-order valence-corrected chi connectivity index (χ1v) is 5.76. The molecule has 1 aromatic carbocycles. The summed E-state index contributed by atoms with van der Waals surface area (Å²) in [4.78, 5) is 0. The summed E-state index contributed by atoms with van der Waals surface area (Å²) in [6, 6.07) is 10.4. The van der Waals surface area contributed by atoms with E-state index in [2.05, 4.69) is 80.2 Å². The monoisotopic (exact) mass is 224 g/mol. The van der Waals surface area contributed by atoms with Gasteiger partial charge in [-0.05, 0) is 5.56 Å². The zero-order valence-electron chi connectivity index (χ0n) is 10.6. The molecule has 0 aliphatic rings. The molecule has 2 nitrogen and oxygen atoms in total. The van der Waals surface area contributed by atoms with Gasteiger partial charge in [-0.1, -0.05) is 43.3 Å². The van der Waals surface area contributed by atoms with Gasteiger partial charge in [0, 0.05) is 5.72 Å². The maximum Gasteiger partial charge on any atom is 0.125 e. The maximum absolute atomic E-state index is 2.19. The standard InChI is InChI=1S/C14H17BN2/c1-12(11-13-7-5-4-6-8-13)15-14-16(2)9-10-17(14)3/h4-11H,1-3H3/b12-11-. The molecular formula is C14H17BN2. The highest BCUT2D eigenvalue weighted by Crippen LogP contribution is 2.04. The van der Waals surface area contributed by atoms with Gasteiger partial charge in [0.25, 0.3) is 0 Å². The van der Waals surface area contributed by atoms with Crippen LogP contribution in [0.1, 0.15) is 12.5 Å². The molecule has 0 saturated carbocycles. The third-order valence-corrected chi connectivity index (χ3v) is 2.79. The molecule has 0 bridgehead atoms. The van der Waals surface area contributed by atoms with E-state index in [0.29, 0.717) is 0 Å². The van der Waals surface area contributed by atoms with Gasteiger partial charge < -0.3 is 0 Å². The molecule has 0 aliphatic heterocycles. The first kappa shape index (κ1) is 11.7. The molecular weight excluding hydrogens is 207 g/mol. The fraction of sp³-hybridized carbons (Fsp3) is 0.214. The summed E-state index contributed by atoms with van der Waals surface area (Å²) < 4.78 is 4.23. The topological polar surface area (TPSA) is 8.81 Å². The normalized spacial score (nSPS) is 11.8. The van der Waals surface area contributed by atoms with Crippen molar-refractivity contribution in [1.29, 1.82) is 0 Å². The zero-order valence-corrected chi connectivity index (χ0v) is 10.6. The number of rotatable bonds is 3. The lowest BCUT2D eigenvalue weighted by molar-refractivity contribution is -0.652. The summed E-state index contributed by atoms with van der Waals surface area (Å²) in [7, 11) is 6.30. The molecule has 0 atom stereocenters. The van der Waals surface area contributed by atoms with Crippen molar-refractivity contribution in [3.05, 3.63) is 53.8 Å². The van der Waals surface area contributed by atoms with Gasteiger partial charge in [0.2, 0.25) is 0 Å². The van der Waals surface area contributed by atoms with Crippen molar-refractivity contribution >= 4 is 19.1 Å². The Kier molecular flexibility index (Phi) is 3.47. The second kappa shape index (κ2) is 5.04. The van der Waals surface area contributed by atoms with Crippen LogP contribution in [-0.2, 0) is 14.1 Å². The highest BCUT2D eigenvalue weighted by Gasteiger charge is 1.98. The number of allylic oxidation sites excluding steroid dienone is 1. The number of aryl methyl sites for hydroxylation is 2. The highest BCUT2D eigenvalue weighted by atomic mass is 15.1. The van der Waals surface area contributed by atoms with Gasteiger partial charge in [-0.25, -0.2) is 0 Å². The van der Waals surface area contributed by atoms with Crippen LogP contribution in [0.15, 0.2) is 48.2 Å². The first-order chi connectivity index (χ1) is 8.16. The molecule has 3 heteroatoms. The summed E-state index contributed by atoms with van der Waals surface area (Å²) in [6.45, 7) is 2.12. The van der Waals surface area contributed by atoms with Crippen LogP contribution in [0, 0.1) is 0 Å². The van der Waals surface area contributed by atoms with Crippen LogP contribution < -0.4 is 10.3 Å². The molecule has 0 amide bonds. The number of nitrogens with zero attached hydrogens (tertiary/aromatic N) is 2. The summed E-state index contributed by atoms with van der Waals surface area (Å²) in [5.74, 6) is 0. The number of imidazole rings is 1. The fourth-order valence-electron chi connectivity index (χ4n) is 1.86. The molecule has 0 spiro atoms. The molecule has 0 N–H and O–H groups in total. The second-order valence-electron chi connectivity index (χ2n) is 4.32. The largest absolute Gasteiger partial charge is 0.291 e. The van der Waals surface area contributed by atoms with Crippen LogP contribution in [0.2, 0.25) is 0 Å². The maximum atomic E-state index is 2.19. The predicted octanol–water partition coefficient (Wildman–Crippen LogP) is 1.24. The molecule has 1 heterocycles. The van der Waals surface area contributed by atoms with Crippen molar-refractivity contribution < 1.29 is 4.57 Å². The van der Waals surface area contributed by atoms with Crippen LogP contribution >= 0.6 is 0 Å². The molecule has 17 heavy (non-hydrogen) atoms. The molecule has 2 aromatic rings. The Labute approximate surface area is 103 Å². The highest BCUT2D eigenvalue weighted by molar-refractivity contribution is 6.59. The van der Waals surface area contributed by atoms with Crippen LogP contribution in [0.3, 0.4) is 0 Å². The Morgan fingerprint density at radius 3 is 2.59 bits per heavy atom. The summed E-state index contributed by atoms with van der Waals surface area (Å²) in [5.41, 5.74) is 3.67. The predicted molar refractivity (Wildman–Crippen MR) is 72.1 cm³/mol. The van der Waals surface area contributed by atoms with Crippen molar-refractivity contribution in [1.82, 2.24) is 4.57 Å². The van der Waals surface area contributed by atoms with Crippen molar-refractivity contribution in [3.8, 4) is 0 Å². The van der Waals surface area contributed by atoms with Gasteiger partial charge in [0.1, 0.15) is 12.4 Å². The van der Waals surface area contributed by atoms with E-state index in [1.54, 1.807) is 0 Å². The van der Waals surface area contributed by atoms with E-state index in [1.807, 2.05) is 6.07 Å². The minimum Gasteiger partial charge on any atom is -0.291 e. The molecule has 86 valence electrons. The van der Waals surface area contributed by atoms with Gasteiger partial charge in [0.15, 0.2) is 0 Å². The van der Waals surface area contributed by atoms with E-state index in [1.165, 1.54) is 16.8 Å². The van der Waals surface area contributed by atoms with Crippen molar-refractivity contribution in [2.45, 2.75) is 6.92 Å². The van der Waals surface area contributed by atoms with Gasteiger partial charge in [-0.2, -0.15) is 7.28 Å². The van der Waals surface area contributed by atoms with Crippen LogP contribution in [-0.4, -0.2) is 11.8 Å². The van der Waals surface area contributed by atoms with Gasteiger partial charge in [-0.3, -0.25) is 14.6 Å². The molecule has 0 aliphatic carbocycles. The zero-order chi connectivity index (χ0) is 12.3. The van der Waals surface area contributed by atoms with Gasteiger partial charge >= 0.3 is 0 Å². The number of benzene rings is 1. The Morgan fingerprint density at radius 1 is 1.29 bits per heavy atom. The minimum absolute atomic E-state index is 1.19. The quantitative estimate of drug-likeness (QED) is 0.548. The van der Waals surface area contributed by atoms with Crippen molar-refractivity contribution in [2.75, 3.05) is 0 Å². The van der Waals surface area contributed by atoms with Crippen molar-refractivity contribution in [2.24, 2.45) is 14.1 Å². The van der Waals surface area contributed by atoms with E-state index in [-0.39, 0.29) is 0 Å². The van der Waals surface area contributed by atoms with Crippen LogP contribution in [0.25, 0.3) is 6.08 Å². The molecule has 0 fully saturated rings. The fourth-order valence-corrected chi connectivity index (χ4v) is 1.86. The molecule has 2 radical (unpaired) electrons. The van der Waals surface area contributed by atoms with Crippen LogP contribution in [0.5, 0.6) is 0 Å². The average molecular weight is 224 g/mol. The SMILES string of the molecule is C/C([B-]c1n(C)cc[n+]1C)=C/c1ccccc1. The van der Waals surface area contributed by atoms with Gasteiger partial charge in [0.05, 0.1) is 14.1 Å². The Balaban J connectivity index is 2.17. The van der Waals surface area contributed by atoms with E-state index in [4.69, 9.17) is 0 Å². The summed E-state index contributed by atoms with van der Waals surface area (Å²) >= 11 is 0. The van der Waals surface area contributed by atoms with E-state index < -0.39 is 0 Å². The molecule has 0 saturated heterocycles. The number of aromatic nitrogens is 2. The average Bonchev–Trinajstić information content (AvgIpc) is 2.62. The third kappa shape index (κ3) is 2.87. The third-order valence-electron chi connectivity index (χ3n) is 2.79. The molecule has 0 unspecified atom stereocenters. The van der Waals surface area contributed by atoms with Crippen molar-refractivity contribution in [3.63, 3.8) is 0 Å². The van der Waals surface area contributed by atoms with Crippen LogP contribution in [0.4, 0.5) is 0 Å². The molecule has 1 aromatic heterocycles. The minimum atomic E-state index is 1.19. The molecule has 2 rings (SSSR count). The first-order valence-electron chi connectivity index (χ1n) is 5.76. The van der Waals surface area contributed by atoms with E-state index >= 15 is 0 Å². The Bertz CT molecular complexity index is 507. The smallest absolute Gasteiger partial charge is 0.125 e. The number of hydrogen-bond donors (Lipinski definition) is 0. The lowest BCUT2D eigenvalue weighted by atomic mass is 9.68. The number of hydrogen-bond acceptors (Lipinski definition) is 0. The van der Waals surface area contributed by atoms with E-state index in [9.17, 15) is 0 Å². The Hall–Kier alpha value is -1.77. The lowest BCUT2D eigenvalue weighted by Crippen LogP contribution is -2.49. The van der Waals surface area contributed by atoms with E-state index in [0.717, 1.165) is 0 Å². The second-order valence-corrected chi connectivity index (χ2v) is 4.32.